The maximum Gasteiger partial charge on any atom is 0.229 e. The quantitative estimate of drug-likeness (QED) is 0.827. The molecular weight excluding hydrogens is 382 g/mol. The van der Waals surface area contributed by atoms with Gasteiger partial charge in [-0.3, -0.25) is 14.4 Å². The maximum atomic E-state index is 12.7. The lowest BCUT2D eigenvalue weighted by atomic mass is 10.1. The Morgan fingerprint density at radius 1 is 1.17 bits per heavy atom. The van der Waals surface area contributed by atoms with Crippen LogP contribution in [0.4, 0.5) is 17.1 Å². The number of carbonyl (C=O) groups excluding carboxylic acids is 3. The molecule has 1 N–H and O–H groups in total. The standard InChI is InChI=1S/C23H25N3O4/c1-3-21(27)25-11-10-15-12-18(6-9-20(15)25)26-14-16(13-22(26)28)23(29)24-17-4-7-19(30-2)8-5-17/h4-9,12,16H,3,10-11,13-14H2,1-2H3,(H,24,29)/t16-/m1/s1. The normalized spacial score (nSPS) is 17.8. The van der Waals surface area contributed by atoms with Gasteiger partial charge in [-0.1, -0.05) is 6.92 Å². The predicted molar refractivity (Wildman–Crippen MR) is 115 cm³/mol. The Hall–Kier alpha value is -3.35. The summed E-state index contributed by atoms with van der Waals surface area (Å²) in [6.45, 7) is 2.87. The lowest BCUT2D eigenvalue weighted by molar-refractivity contribution is -0.122. The second-order valence-electron chi connectivity index (χ2n) is 7.59. The van der Waals surface area contributed by atoms with E-state index in [2.05, 4.69) is 5.32 Å². The second kappa shape index (κ2) is 8.18. The van der Waals surface area contributed by atoms with Crippen LogP contribution < -0.4 is 19.9 Å². The van der Waals surface area contributed by atoms with E-state index in [-0.39, 0.29) is 24.1 Å². The molecule has 7 nitrogen and oxygen atoms in total. The number of ether oxygens (including phenoxy) is 1. The first-order chi connectivity index (χ1) is 14.5. The molecule has 2 heterocycles. The fourth-order valence-electron chi connectivity index (χ4n) is 4.06. The van der Waals surface area contributed by atoms with E-state index < -0.39 is 5.92 Å². The van der Waals surface area contributed by atoms with Gasteiger partial charge < -0.3 is 19.9 Å². The van der Waals surface area contributed by atoms with Gasteiger partial charge in [0.2, 0.25) is 17.7 Å². The molecule has 0 saturated carbocycles. The Morgan fingerprint density at radius 3 is 2.63 bits per heavy atom. The largest absolute Gasteiger partial charge is 0.497 e. The van der Waals surface area contributed by atoms with E-state index in [1.807, 2.05) is 25.1 Å². The molecule has 0 aliphatic carbocycles. The van der Waals surface area contributed by atoms with Gasteiger partial charge in [-0.15, -0.1) is 0 Å². The first-order valence-corrected chi connectivity index (χ1v) is 10.2. The van der Waals surface area contributed by atoms with Crippen LogP contribution in [0.3, 0.4) is 0 Å². The molecule has 156 valence electrons. The van der Waals surface area contributed by atoms with Crippen molar-refractivity contribution in [2.45, 2.75) is 26.2 Å². The van der Waals surface area contributed by atoms with Gasteiger partial charge in [-0.25, -0.2) is 0 Å². The van der Waals surface area contributed by atoms with Gasteiger partial charge in [0.15, 0.2) is 0 Å². The fraction of sp³-hybridized carbons (Fsp3) is 0.348. The van der Waals surface area contributed by atoms with Crippen LogP contribution in [-0.2, 0) is 20.8 Å². The van der Waals surface area contributed by atoms with E-state index in [4.69, 9.17) is 4.74 Å². The highest BCUT2D eigenvalue weighted by atomic mass is 16.5. The first-order valence-electron chi connectivity index (χ1n) is 10.2. The third-order valence-electron chi connectivity index (χ3n) is 5.73. The first kappa shape index (κ1) is 19.9. The zero-order chi connectivity index (χ0) is 21.3. The Labute approximate surface area is 175 Å². The van der Waals surface area contributed by atoms with Crippen molar-refractivity contribution in [3.63, 3.8) is 0 Å². The number of amides is 3. The molecule has 1 atom stereocenters. The van der Waals surface area contributed by atoms with E-state index in [0.717, 1.165) is 23.4 Å². The minimum atomic E-state index is -0.411. The fourth-order valence-corrected chi connectivity index (χ4v) is 4.06. The van der Waals surface area contributed by atoms with Crippen molar-refractivity contribution in [1.29, 1.82) is 0 Å². The molecule has 2 aromatic carbocycles. The van der Waals surface area contributed by atoms with Crippen LogP contribution in [0, 0.1) is 5.92 Å². The summed E-state index contributed by atoms with van der Waals surface area (Å²) in [5, 5.41) is 2.88. The summed E-state index contributed by atoms with van der Waals surface area (Å²) in [6, 6.07) is 12.8. The summed E-state index contributed by atoms with van der Waals surface area (Å²) in [4.78, 5) is 40.8. The van der Waals surface area contributed by atoms with Gasteiger partial charge in [0.1, 0.15) is 5.75 Å². The highest BCUT2D eigenvalue weighted by Crippen LogP contribution is 2.34. The number of nitrogens with zero attached hydrogens (tertiary/aromatic N) is 2. The van der Waals surface area contributed by atoms with Crippen LogP contribution in [0.25, 0.3) is 0 Å². The zero-order valence-electron chi connectivity index (χ0n) is 17.2. The van der Waals surface area contributed by atoms with E-state index in [1.54, 1.807) is 41.2 Å². The Balaban J connectivity index is 1.44. The number of methoxy groups -OCH3 is 1. The van der Waals surface area contributed by atoms with Gasteiger partial charge in [0.05, 0.1) is 13.0 Å². The molecule has 3 amide bonds. The SMILES string of the molecule is CCC(=O)N1CCc2cc(N3C[C@H](C(=O)Nc4ccc(OC)cc4)CC3=O)ccc21. The minimum absolute atomic E-state index is 0.0654. The molecule has 1 saturated heterocycles. The molecular formula is C23H25N3O4. The highest BCUT2D eigenvalue weighted by molar-refractivity contribution is 6.04. The Morgan fingerprint density at radius 2 is 1.93 bits per heavy atom. The molecule has 0 spiro atoms. The number of hydrogen-bond acceptors (Lipinski definition) is 4. The molecule has 0 radical (unpaired) electrons. The molecule has 1 fully saturated rings. The minimum Gasteiger partial charge on any atom is -0.497 e. The van der Waals surface area contributed by atoms with E-state index in [0.29, 0.717) is 30.9 Å². The van der Waals surface area contributed by atoms with E-state index in [9.17, 15) is 14.4 Å². The average molecular weight is 407 g/mol. The number of nitrogens with one attached hydrogen (secondary N) is 1. The summed E-state index contributed by atoms with van der Waals surface area (Å²) in [5.41, 5.74) is 3.44. The van der Waals surface area contributed by atoms with Gasteiger partial charge >= 0.3 is 0 Å². The third-order valence-corrected chi connectivity index (χ3v) is 5.73. The summed E-state index contributed by atoms with van der Waals surface area (Å²) >= 11 is 0. The van der Waals surface area contributed by atoms with Crippen LogP contribution in [0.15, 0.2) is 42.5 Å². The van der Waals surface area contributed by atoms with Crippen molar-refractivity contribution in [2.75, 3.05) is 35.3 Å². The molecule has 0 aromatic heterocycles. The lowest BCUT2D eigenvalue weighted by Gasteiger charge is -2.20. The van der Waals surface area contributed by atoms with Crippen molar-refractivity contribution >= 4 is 34.8 Å². The molecule has 0 bridgehead atoms. The summed E-state index contributed by atoms with van der Waals surface area (Å²) in [5.74, 6) is 0.173. The Bertz CT molecular complexity index is 986. The van der Waals surface area contributed by atoms with Crippen molar-refractivity contribution < 1.29 is 19.1 Å². The van der Waals surface area contributed by atoms with Crippen molar-refractivity contribution in [3.05, 3.63) is 48.0 Å². The molecule has 4 rings (SSSR count). The van der Waals surface area contributed by atoms with Gasteiger partial charge in [-0.05, 0) is 54.4 Å². The number of benzene rings is 2. The van der Waals surface area contributed by atoms with Gasteiger partial charge in [0, 0.05) is 43.0 Å². The van der Waals surface area contributed by atoms with Gasteiger partial charge in [0.25, 0.3) is 0 Å². The molecule has 2 aromatic rings. The smallest absolute Gasteiger partial charge is 0.229 e. The molecule has 2 aliphatic heterocycles. The number of rotatable bonds is 5. The van der Waals surface area contributed by atoms with Crippen molar-refractivity contribution in [2.24, 2.45) is 5.92 Å². The Kier molecular flexibility index (Phi) is 5.44. The average Bonchev–Trinajstić information content (AvgIpc) is 3.36. The summed E-state index contributed by atoms with van der Waals surface area (Å²) in [6.07, 6.45) is 1.43. The maximum absolute atomic E-state index is 12.7. The van der Waals surface area contributed by atoms with Crippen molar-refractivity contribution in [1.82, 2.24) is 0 Å². The van der Waals surface area contributed by atoms with E-state index in [1.165, 1.54) is 0 Å². The van der Waals surface area contributed by atoms with E-state index >= 15 is 0 Å². The van der Waals surface area contributed by atoms with Crippen molar-refractivity contribution in [3.8, 4) is 5.75 Å². The number of carbonyl (C=O) groups is 3. The lowest BCUT2D eigenvalue weighted by Crippen LogP contribution is -2.28. The van der Waals surface area contributed by atoms with Crippen LogP contribution >= 0.6 is 0 Å². The highest BCUT2D eigenvalue weighted by Gasteiger charge is 2.36. The monoisotopic (exact) mass is 407 g/mol. The summed E-state index contributed by atoms with van der Waals surface area (Å²) < 4.78 is 5.12. The molecule has 30 heavy (non-hydrogen) atoms. The van der Waals surface area contributed by atoms with Crippen LogP contribution in [-0.4, -0.2) is 37.9 Å². The second-order valence-corrected chi connectivity index (χ2v) is 7.59. The summed E-state index contributed by atoms with van der Waals surface area (Å²) in [7, 11) is 1.59. The zero-order valence-corrected chi connectivity index (χ0v) is 17.2. The number of fused-ring (bicyclic) bond motifs is 1. The predicted octanol–water partition coefficient (Wildman–Crippen LogP) is 2.99. The third kappa shape index (κ3) is 3.75. The van der Waals surface area contributed by atoms with Gasteiger partial charge in [-0.2, -0.15) is 0 Å². The molecule has 0 unspecified atom stereocenters. The number of hydrogen-bond donors (Lipinski definition) is 1. The number of anilines is 3. The van der Waals surface area contributed by atoms with Crippen LogP contribution in [0.1, 0.15) is 25.3 Å². The molecule has 2 aliphatic rings. The van der Waals surface area contributed by atoms with Crippen LogP contribution in [0.2, 0.25) is 0 Å². The van der Waals surface area contributed by atoms with Crippen LogP contribution in [0.5, 0.6) is 5.75 Å². The molecule has 7 heteroatoms. The topological polar surface area (TPSA) is 79.0 Å².